The number of nitrogens with one attached hydrogen (secondary N) is 1. The summed E-state index contributed by atoms with van der Waals surface area (Å²) in [7, 11) is 0. The molecule has 0 bridgehead atoms. The Labute approximate surface area is 114 Å². The second-order valence-electron chi connectivity index (χ2n) is 6.72. The molecule has 0 aliphatic carbocycles. The number of rotatable bonds is 2. The van der Waals surface area contributed by atoms with Gasteiger partial charge in [0, 0.05) is 26.1 Å². The van der Waals surface area contributed by atoms with Crippen LogP contribution in [0.25, 0.3) is 0 Å². The van der Waals surface area contributed by atoms with Crippen LogP contribution in [0.15, 0.2) is 0 Å². The predicted octanol–water partition coefficient (Wildman–Crippen LogP) is 1.69. The van der Waals surface area contributed by atoms with Gasteiger partial charge in [-0.15, -0.1) is 10.2 Å². The lowest BCUT2D eigenvalue weighted by atomic mass is 9.85. The Kier molecular flexibility index (Phi) is 3.35. The Bertz CT molecular complexity index is 443. The monoisotopic (exact) mass is 264 g/mol. The van der Waals surface area contributed by atoms with Crippen LogP contribution in [0.5, 0.6) is 0 Å². The highest BCUT2D eigenvalue weighted by Crippen LogP contribution is 2.33. The summed E-state index contributed by atoms with van der Waals surface area (Å²) < 4.78 is 8.01. The third-order valence-corrected chi connectivity index (χ3v) is 4.10. The molecule has 0 saturated carbocycles. The predicted molar refractivity (Wildman–Crippen MR) is 72.9 cm³/mol. The Balaban J connectivity index is 1.83. The highest BCUT2D eigenvalue weighted by Gasteiger charge is 2.34. The van der Waals surface area contributed by atoms with Crippen molar-refractivity contribution in [2.75, 3.05) is 13.2 Å². The fraction of sp³-hybridized carbons (Fsp3) is 0.857. The SMILES string of the molecule is CC(C)(C)C1NCCn2c(CC3CCCO3)nnc21. The molecule has 0 spiro atoms. The van der Waals surface area contributed by atoms with Crippen LogP contribution in [0.1, 0.15) is 51.3 Å². The molecule has 2 aliphatic rings. The molecule has 3 rings (SSSR count). The first-order valence-electron chi connectivity index (χ1n) is 7.32. The molecule has 0 aromatic carbocycles. The van der Waals surface area contributed by atoms with Gasteiger partial charge in [0.25, 0.3) is 0 Å². The number of hydrogen-bond acceptors (Lipinski definition) is 4. The van der Waals surface area contributed by atoms with Crippen LogP contribution < -0.4 is 5.32 Å². The fourth-order valence-electron chi connectivity index (χ4n) is 3.07. The van der Waals surface area contributed by atoms with E-state index >= 15 is 0 Å². The molecule has 106 valence electrons. The van der Waals surface area contributed by atoms with Crippen LogP contribution in [0.4, 0.5) is 0 Å². The van der Waals surface area contributed by atoms with Gasteiger partial charge in [0.2, 0.25) is 0 Å². The Hall–Kier alpha value is -0.940. The van der Waals surface area contributed by atoms with Crippen molar-refractivity contribution in [3.63, 3.8) is 0 Å². The Morgan fingerprint density at radius 3 is 2.89 bits per heavy atom. The summed E-state index contributed by atoms with van der Waals surface area (Å²) >= 11 is 0. The summed E-state index contributed by atoms with van der Waals surface area (Å²) in [5, 5.41) is 12.4. The summed E-state index contributed by atoms with van der Waals surface area (Å²) in [6.07, 6.45) is 3.58. The largest absolute Gasteiger partial charge is 0.378 e. The standard InChI is InChI=1S/C14H24N4O/c1-14(2,3)12-13-17-16-11(18(13)7-6-15-12)9-10-5-4-8-19-10/h10,12,15H,4-9H2,1-3H3. The Morgan fingerprint density at radius 2 is 2.21 bits per heavy atom. The van der Waals surface area contributed by atoms with Gasteiger partial charge >= 0.3 is 0 Å². The van der Waals surface area contributed by atoms with E-state index in [-0.39, 0.29) is 11.5 Å². The van der Waals surface area contributed by atoms with Gasteiger partial charge in [-0.3, -0.25) is 0 Å². The smallest absolute Gasteiger partial charge is 0.150 e. The van der Waals surface area contributed by atoms with Crippen LogP contribution in [-0.2, 0) is 17.7 Å². The van der Waals surface area contributed by atoms with Gasteiger partial charge in [0.05, 0.1) is 12.1 Å². The molecule has 2 atom stereocenters. The van der Waals surface area contributed by atoms with Gasteiger partial charge in [0.15, 0.2) is 5.82 Å². The first-order valence-corrected chi connectivity index (χ1v) is 7.32. The molecular formula is C14H24N4O. The zero-order valence-electron chi connectivity index (χ0n) is 12.1. The van der Waals surface area contributed by atoms with Crippen LogP contribution in [0.3, 0.4) is 0 Å². The molecular weight excluding hydrogens is 240 g/mol. The van der Waals surface area contributed by atoms with E-state index in [1.165, 1.54) is 6.42 Å². The summed E-state index contributed by atoms with van der Waals surface area (Å²) in [5.41, 5.74) is 0.159. The van der Waals surface area contributed by atoms with E-state index in [9.17, 15) is 0 Å². The van der Waals surface area contributed by atoms with Crippen molar-refractivity contribution in [3.05, 3.63) is 11.6 Å². The summed E-state index contributed by atoms with van der Waals surface area (Å²) in [5.74, 6) is 2.18. The maximum absolute atomic E-state index is 5.71. The molecule has 1 N–H and O–H groups in total. The fourth-order valence-corrected chi connectivity index (χ4v) is 3.07. The second-order valence-corrected chi connectivity index (χ2v) is 6.72. The number of fused-ring (bicyclic) bond motifs is 1. The van der Waals surface area contributed by atoms with Crippen molar-refractivity contribution < 1.29 is 4.74 Å². The van der Waals surface area contributed by atoms with E-state index in [1.807, 2.05) is 0 Å². The van der Waals surface area contributed by atoms with Crippen LogP contribution >= 0.6 is 0 Å². The highest BCUT2D eigenvalue weighted by molar-refractivity contribution is 5.08. The molecule has 0 amide bonds. The van der Waals surface area contributed by atoms with Crippen molar-refractivity contribution in [2.45, 2.75) is 58.7 Å². The lowest BCUT2D eigenvalue weighted by molar-refractivity contribution is 0.108. The van der Waals surface area contributed by atoms with Gasteiger partial charge in [-0.05, 0) is 18.3 Å². The van der Waals surface area contributed by atoms with Gasteiger partial charge in [0.1, 0.15) is 5.82 Å². The normalized spacial score (nSPS) is 27.5. The van der Waals surface area contributed by atoms with Gasteiger partial charge in [-0.25, -0.2) is 0 Å². The van der Waals surface area contributed by atoms with Crippen molar-refractivity contribution in [2.24, 2.45) is 5.41 Å². The third kappa shape index (κ3) is 2.54. The minimum Gasteiger partial charge on any atom is -0.378 e. The lowest BCUT2D eigenvalue weighted by Crippen LogP contribution is -2.41. The summed E-state index contributed by atoms with van der Waals surface area (Å²) in [4.78, 5) is 0. The van der Waals surface area contributed by atoms with Crippen molar-refractivity contribution in [1.29, 1.82) is 0 Å². The van der Waals surface area contributed by atoms with E-state index in [2.05, 4.69) is 40.9 Å². The molecule has 3 heterocycles. The number of hydrogen-bond donors (Lipinski definition) is 1. The van der Waals surface area contributed by atoms with E-state index in [4.69, 9.17) is 4.74 Å². The maximum atomic E-state index is 5.71. The molecule has 2 unspecified atom stereocenters. The molecule has 5 nitrogen and oxygen atoms in total. The average molecular weight is 264 g/mol. The van der Waals surface area contributed by atoms with Gasteiger partial charge < -0.3 is 14.6 Å². The zero-order valence-corrected chi connectivity index (χ0v) is 12.1. The van der Waals surface area contributed by atoms with Crippen LogP contribution in [-0.4, -0.2) is 34.0 Å². The molecule has 1 saturated heterocycles. The van der Waals surface area contributed by atoms with Crippen molar-refractivity contribution >= 4 is 0 Å². The van der Waals surface area contributed by atoms with Crippen LogP contribution in [0, 0.1) is 5.41 Å². The van der Waals surface area contributed by atoms with E-state index in [0.717, 1.165) is 44.2 Å². The highest BCUT2D eigenvalue weighted by atomic mass is 16.5. The topological polar surface area (TPSA) is 52.0 Å². The lowest BCUT2D eigenvalue weighted by Gasteiger charge is -2.34. The minimum absolute atomic E-state index is 0.159. The molecule has 1 aromatic heterocycles. The number of nitrogens with zero attached hydrogens (tertiary/aromatic N) is 3. The molecule has 0 radical (unpaired) electrons. The second kappa shape index (κ2) is 4.87. The first kappa shape index (κ1) is 13.1. The third-order valence-electron chi connectivity index (χ3n) is 4.10. The minimum atomic E-state index is 0.159. The zero-order chi connectivity index (χ0) is 13.5. The molecule has 19 heavy (non-hydrogen) atoms. The number of ether oxygens (including phenoxy) is 1. The Morgan fingerprint density at radius 1 is 1.37 bits per heavy atom. The maximum Gasteiger partial charge on any atom is 0.150 e. The van der Waals surface area contributed by atoms with E-state index in [0.29, 0.717) is 6.10 Å². The summed E-state index contributed by atoms with van der Waals surface area (Å²) in [6, 6.07) is 0.284. The molecule has 5 heteroatoms. The van der Waals surface area contributed by atoms with Gasteiger partial charge in [-0.1, -0.05) is 20.8 Å². The molecule has 2 aliphatic heterocycles. The van der Waals surface area contributed by atoms with E-state index in [1.54, 1.807) is 0 Å². The average Bonchev–Trinajstić information content (AvgIpc) is 2.98. The molecule has 1 fully saturated rings. The molecule has 1 aromatic rings. The van der Waals surface area contributed by atoms with Crippen molar-refractivity contribution in [1.82, 2.24) is 20.1 Å². The number of aromatic nitrogens is 3. The quantitative estimate of drug-likeness (QED) is 0.883. The first-order chi connectivity index (χ1) is 9.05. The van der Waals surface area contributed by atoms with Crippen LogP contribution in [0.2, 0.25) is 0 Å². The van der Waals surface area contributed by atoms with E-state index < -0.39 is 0 Å². The van der Waals surface area contributed by atoms with Gasteiger partial charge in [-0.2, -0.15) is 0 Å². The summed E-state index contributed by atoms with van der Waals surface area (Å²) in [6.45, 7) is 9.60. The van der Waals surface area contributed by atoms with Crippen molar-refractivity contribution in [3.8, 4) is 0 Å².